The lowest BCUT2D eigenvalue weighted by Crippen LogP contribution is -2.57. The van der Waals surface area contributed by atoms with Gasteiger partial charge in [0.15, 0.2) is 0 Å². The van der Waals surface area contributed by atoms with E-state index in [1.807, 2.05) is 27.7 Å². The summed E-state index contributed by atoms with van der Waals surface area (Å²) >= 11 is 0. The number of hydrogen-bond acceptors (Lipinski definition) is 0. The molecule has 4 saturated carbocycles. The minimum absolute atomic E-state index is 0.628. The van der Waals surface area contributed by atoms with Crippen LogP contribution in [0.15, 0.2) is 0 Å². The van der Waals surface area contributed by atoms with Crippen molar-refractivity contribution in [3.05, 3.63) is 0 Å². The first-order chi connectivity index (χ1) is 14.4. The first kappa shape index (κ1) is 26.3. The summed E-state index contributed by atoms with van der Waals surface area (Å²) < 4.78 is 0. The molecule has 7 atom stereocenters. The highest BCUT2D eigenvalue weighted by Crippen LogP contribution is 2.71. The van der Waals surface area contributed by atoms with Crippen LogP contribution in [0.1, 0.15) is 146 Å². The Bertz CT molecular complexity index is 506. The molecule has 4 aliphatic rings. The molecule has 7 unspecified atom stereocenters. The smallest absolute Gasteiger partial charge is 0.0241 e. The Labute approximate surface area is 191 Å². The van der Waals surface area contributed by atoms with Crippen molar-refractivity contribution in [2.45, 2.75) is 146 Å². The number of fused-ring (bicyclic) bond motifs is 5. The molecule has 178 valence electrons. The van der Waals surface area contributed by atoms with Crippen LogP contribution in [0.2, 0.25) is 0 Å². The summed E-state index contributed by atoms with van der Waals surface area (Å²) in [6.45, 7) is 20.8. The molecule has 0 amide bonds. The predicted octanol–water partition coefficient (Wildman–Crippen LogP) is 10.3. The second-order valence-electron chi connectivity index (χ2n) is 12.0. The van der Waals surface area contributed by atoms with Gasteiger partial charge in [-0.1, -0.05) is 81.6 Å². The van der Waals surface area contributed by atoms with E-state index in [1.165, 1.54) is 38.5 Å². The second-order valence-corrected chi connectivity index (χ2v) is 12.0. The normalized spacial score (nSPS) is 44.6. The van der Waals surface area contributed by atoms with Crippen molar-refractivity contribution < 1.29 is 0 Å². The second kappa shape index (κ2) is 10.7. The Morgan fingerprint density at radius 3 is 2.13 bits per heavy atom. The average molecular weight is 419 g/mol. The van der Waals surface area contributed by atoms with Crippen LogP contribution in [0.4, 0.5) is 0 Å². The highest BCUT2D eigenvalue weighted by molar-refractivity contribution is 5.11. The molecule has 0 aromatic heterocycles. The lowest BCUT2D eigenvalue weighted by molar-refractivity contribution is -0.163. The van der Waals surface area contributed by atoms with Crippen molar-refractivity contribution >= 4 is 0 Å². The molecule has 4 aliphatic carbocycles. The molecule has 0 spiro atoms. The van der Waals surface area contributed by atoms with Crippen molar-refractivity contribution in [2.24, 2.45) is 45.8 Å². The van der Waals surface area contributed by atoms with Crippen molar-refractivity contribution in [3.8, 4) is 0 Å². The summed E-state index contributed by atoms with van der Waals surface area (Å²) in [7, 11) is 0. The van der Waals surface area contributed by atoms with Crippen LogP contribution >= 0.6 is 0 Å². The molecule has 0 aromatic carbocycles. The zero-order valence-corrected chi connectivity index (χ0v) is 22.6. The third-order valence-corrected chi connectivity index (χ3v) is 10.9. The number of hydrogen-bond donors (Lipinski definition) is 0. The Morgan fingerprint density at radius 2 is 1.50 bits per heavy atom. The first-order valence-electron chi connectivity index (χ1n) is 14.4. The largest absolute Gasteiger partial charge is 0.0683 e. The first-order valence-corrected chi connectivity index (χ1v) is 14.4. The molecule has 0 N–H and O–H groups in total. The van der Waals surface area contributed by atoms with Crippen molar-refractivity contribution in [1.82, 2.24) is 0 Å². The fourth-order valence-electron chi connectivity index (χ4n) is 9.02. The summed E-state index contributed by atoms with van der Waals surface area (Å²) in [5, 5.41) is 0. The van der Waals surface area contributed by atoms with Crippen LogP contribution in [0.25, 0.3) is 0 Å². The molecule has 0 bridgehead atoms. The summed E-state index contributed by atoms with van der Waals surface area (Å²) in [4.78, 5) is 0. The monoisotopic (exact) mass is 418 g/mol. The standard InChI is InChI=1S/C26H46.2C2H6/c1-6-7-13-26-14-8-9-23(26)21-11-15-24(4)18-20(19(2)3)10-16-25(24,5)22(21)12-17-26;2*1-2/h19-23H,6-18H2,1-5H3;2*1-2H3. The van der Waals surface area contributed by atoms with Gasteiger partial charge in [-0.2, -0.15) is 0 Å². The van der Waals surface area contributed by atoms with E-state index in [2.05, 4.69) is 34.6 Å². The third kappa shape index (κ3) is 4.41. The SMILES string of the molecule is CC.CC.CCCCC12CCCC1C1CCC3(C)CC(C(C)C)CCC3(C)C1CC2. The van der Waals surface area contributed by atoms with Crippen molar-refractivity contribution in [2.75, 3.05) is 0 Å². The van der Waals surface area contributed by atoms with E-state index in [1.54, 1.807) is 44.9 Å². The van der Waals surface area contributed by atoms with E-state index < -0.39 is 0 Å². The van der Waals surface area contributed by atoms with Gasteiger partial charge in [0, 0.05) is 0 Å². The molecular formula is C30H58. The summed E-state index contributed by atoms with van der Waals surface area (Å²) in [6, 6.07) is 0. The van der Waals surface area contributed by atoms with Gasteiger partial charge in [0.2, 0.25) is 0 Å². The average Bonchev–Trinajstić information content (AvgIpc) is 3.19. The van der Waals surface area contributed by atoms with E-state index in [0.717, 1.165) is 35.0 Å². The van der Waals surface area contributed by atoms with Gasteiger partial charge in [0.05, 0.1) is 0 Å². The topological polar surface area (TPSA) is 0 Å². The molecule has 0 nitrogen and oxygen atoms in total. The Balaban J connectivity index is 0.000000757. The highest BCUT2D eigenvalue weighted by Gasteiger charge is 2.62. The number of rotatable bonds is 4. The molecule has 0 aromatic rings. The van der Waals surface area contributed by atoms with Gasteiger partial charge >= 0.3 is 0 Å². The fourth-order valence-corrected chi connectivity index (χ4v) is 9.02. The molecule has 4 fully saturated rings. The van der Waals surface area contributed by atoms with Crippen molar-refractivity contribution in [1.29, 1.82) is 0 Å². The zero-order valence-electron chi connectivity index (χ0n) is 22.6. The third-order valence-electron chi connectivity index (χ3n) is 10.9. The van der Waals surface area contributed by atoms with Gasteiger partial charge in [-0.15, -0.1) is 0 Å². The van der Waals surface area contributed by atoms with Gasteiger partial charge in [-0.3, -0.25) is 0 Å². The van der Waals surface area contributed by atoms with Crippen LogP contribution in [0, 0.1) is 45.8 Å². The molecule has 4 rings (SSSR count). The summed E-state index contributed by atoms with van der Waals surface area (Å²) in [5.41, 5.74) is 2.04. The van der Waals surface area contributed by atoms with E-state index in [9.17, 15) is 0 Å². The Kier molecular flexibility index (Phi) is 9.40. The van der Waals surface area contributed by atoms with E-state index in [-0.39, 0.29) is 0 Å². The maximum Gasteiger partial charge on any atom is -0.0241 e. The lowest BCUT2D eigenvalue weighted by Gasteiger charge is -2.66. The Morgan fingerprint density at radius 1 is 0.800 bits per heavy atom. The van der Waals surface area contributed by atoms with Crippen LogP contribution in [0.3, 0.4) is 0 Å². The fraction of sp³-hybridized carbons (Fsp3) is 1.00. The van der Waals surface area contributed by atoms with Gasteiger partial charge in [-0.25, -0.2) is 0 Å². The molecule has 0 heterocycles. The molecule has 0 heteroatoms. The molecule has 0 aliphatic heterocycles. The van der Waals surface area contributed by atoms with E-state index in [0.29, 0.717) is 10.8 Å². The van der Waals surface area contributed by atoms with E-state index >= 15 is 0 Å². The maximum atomic E-state index is 2.76. The van der Waals surface area contributed by atoms with Gasteiger partial charge in [0.1, 0.15) is 0 Å². The zero-order chi connectivity index (χ0) is 22.6. The van der Waals surface area contributed by atoms with Crippen LogP contribution in [-0.2, 0) is 0 Å². The van der Waals surface area contributed by atoms with Gasteiger partial charge in [0.25, 0.3) is 0 Å². The Hall–Kier alpha value is 0. The van der Waals surface area contributed by atoms with E-state index in [4.69, 9.17) is 0 Å². The minimum Gasteiger partial charge on any atom is -0.0683 e. The van der Waals surface area contributed by atoms with Gasteiger partial charge < -0.3 is 0 Å². The lowest BCUT2D eigenvalue weighted by atomic mass is 9.39. The molecule has 0 radical (unpaired) electrons. The highest BCUT2D eigenvalue weighted by atomic mass is 14.7. The quantitative estimate of drug-likeness (QED) is 0.426. The molecular weight excluding hydrogens is 360 g/mol. The summed E-state index contributed by atoms with van der Waals surface area (Å²) in [5.74, 6) is 5.10. The van der Waals surface area contributed by atoms with Crippen molar-refractivity contribution in [3.63, 3.8) is 0 Å². The van der Waals surface area contributed by atoms with Crippen LogP contribution in [-0.4, -0.2) is 0 Å². The maximum absolute atomic E-state index is 2.76. The van der Waals surface area contributed by atoms with Crippen LogP contribution in [0.5, 0.6) is 0 Å². The molecule has 30 heavy (non-hydrogen) atoms. The van der Waals surface area contributed by atoms with Gasteiger partial charge in [-0.05, 0) is 110 Å². The number of unbranched alkanes of at least 4 members (excludes halogenated alkanes) is 1. The minimum atomic E-state index is 0.628. The summed E-state index contributed by atoms with van der Waals surface area (Å²) in [6.07, 6.45) is 20.0. The van der Waals surface area contributed by atoms with Crippen LogP contribution < -0.4 is 0 Å². The molecule has 0 saturated heterocycles. The predicted molar refractivity (Wildman–Crippen MR) is 136 cm³/mol.